The van der Waals surface area contributed by atoms with Crippen molar-refractivity contribution in [2.24, 2.45) is 11.3 Å². The van der Waals surface area contributed by atoms with Gasteiger partial charge in [0.1, 0.15) is 5.82 Å². The molecule has 2 saturated heterocycles. The molecule has 0 aromatic heterocycles. The van der Waals surface area contributed by atoms with Gasteiger partial charge >= 0.3 is 0 Å². The molecule has 2 atom stereocenters. The van der Waals surface area contributed by atoms with E-state index >= 15 is 0 Å². The standard InChI is InChI=1S/C15H17FN2O2/c1-10-8-18(9-15(10)5-6-17-14(15)20)13(19)11-3-2-4-12(16)7-11/h2-4,7,10H,5-6,8-9H2,1H3,(H,17,20)/t10-,15-/m1/s1. The Balaban J connectivity index is 1.83. The second-order valence-corrected chi connectivity index (χ2v) is 5.76. The molecule has 0 bridgehead atoms. The van der Waals surface area contributed by atoms with E-state index in [0.29, 0.717) is 25.2 Å². The molecule has 106 valence electrons. The number of amides is 2. The van der Waals surface area contributed by atoms with Crippen LogP contribution in [0.3, 0.4) is 0 Å². The monoisotopic (exact) mass is 276 g/mol. The van der Waals surface area contributed by atoms with Crippen LogP contribution in [0.15, 0.2) is 24.3 Å². The molecule has 20 heavy (non-hydrogen) atoms. The fourth-order valence-corrected chi connectivity index (χ4v) is 3.33. The van der Waals surface area contributed by atoms with Gasteiger partial charge < -0.3 is 10.2 Å². The van der Waals surface area contributed by atoms with Crippen molar-refractivity contribution in [3.8, 4) is 0 Å². The van der Waals surface area contributed by atoms with Crippen LogP contribution in [0.4, 0.5) is 4.39 Å². The Kier molecular flexibility index (Phi) is 3.00. The molecule has 1 spiro atoms. The normalized spacial score (nSPS) is 29.0. The highest BCUT2D eigenvalue weighted by molar-refractivity contribution is 5.95. The van der Waals surface area contributed by atoms with Crippen molar-refractivity contribution in [2.75, 3.05) is 19.6 Å². The molecule has 0 aliphatic carbocycles. The van der Waals surface area contributed by atoms with Crippen LogP contribution in [0.1, 0.15) is 23.7 Å². The van der Waals surface area contributed by atoms with Crippen molar-refractivity contribution in [2.45, 2.75) is 13.3 Å². The third-order valence-electron chi connectivity index (χ3n) is 4.58. The SMILES string of the molecule is C[C@@H]1CN(C(=O)c2cccc(F)c2)C[C@]12CCNC2=O. The average molecular weight is 276 g/mol. The summed E-state index contributed by atoms with van der Waals surface area (Å²) >= 11 is 0. The maximum Gasteiger partial charge on any atom is 0.253 e. The summed E-state index contributed by atoms with van der Waals surface area (Å²) in [5.74, 6) is -0.452. The molecule has 0 saturated carbocycles. The smallest absolute Gasteiger partial charge is 0.253 e. The van der Waals surface area contributed by atoms with Gasteiger partial charge in [0.05, 0.1) is 5.41 Å². The van der Waals surface area contributed by atoms with Gasteiger partial charge in [-0.15, -0.1) is 0 Å². The predicted octanol–water partition coefficient (Wildman–Crippen LogP) is 1.42. The van der Waals surface area contributed by atoms with Crippen LogP contribution >= 0.6 is 0 Å². The van der Waals surface area contributed by atoms with Crippen LogP contribution in [0.5, 0.6) is 0 Å². The summed E-state index contributed by atoms with van der Waals surface area (Å²) in [6.07, 6.45) is 0.764. The summed E-state index contributed by atoms with van der Waals surface area (Å²) in [4.78, 5) is 26.1. The fourth-order valence-electron chi connectivity index (χ4n) is 3.33. The summed E-state index contributed by atoms with van der Waals surface area (Å²) in [5, 5.41) is 2.85. The van der Waals surface area contributed by atoms with Crippen LogP contribution in [0.2, 0.25) is 0 Å². The van der Waals surface area contributed by atoms with Gasteiger partial charge in [-0.1, -0.05) is 13.0 Å². The molecule has 2 amide bonds. The number of carbonyl (C=O) groups is 2. The average Bonchev–Trinajstić information content (AvgIpc) is 2.95. The van der Waals surface area contributed by atoms with Gasteiger partial charge in [0.25, 0.3) is 5.91 Å². The quantitative estimate of drug-likeness (QED) is 0.843. The van der Waals surface area contributed by atoms with Crippen molar-refractivity contribution >= 4 is 11.8 Å². The van der Waals surface area contributed by atoms with Gasteiger partial charge in [-0.3, -0.25) is 9.59 Å². The van der Waals surface area contributed by atoms with E-state index in [1.807, 2.05) is 6.92 Å². The molecule has 3 rings (SSSR count). The van der Waals surface area contributed by atoms with Crippen molar-refractivity contribution in [3.63, 3.8) is 0 Å². The Bertz CT molecular complexity index is 575. The third kappa shape index (κ3) is 1.88. The number of hydrogen-bond donors (Lipinski definition) is 1. The van der Waals surface area contributed by atoms with Crippen LogP contribution in [0.25, 0.3) is 0 Å². The summed E-state index contributed by atoms with van der Waals surface area (Å²) in [6.45, 7) is 3.65. The summed E-state index contributed by atoms with van der Waals surface area (Å²) in [7, 11) is 0. The Labute approximate surface area is 117 Å². The van der Waals surface area contributed by atoms with Crippen molar-refractivity contribution in [1.29, 1.82) is 0 Å². The zero-order valence-corrected chi connectivity index (χ0v) is 11.4. The summed E-state index contributed by atoms with van der Waals surface area (Å²) in [6, 6.07) is 5.69. The molecule has 1 N–H and O–H groups in total. The van der Waals surface area contributed by atoms with Gasteiger partial charge in [0.15, 0.2) is 0 Å². The number of benzene rings is 1. The molecule has 0 radical (unpaired) electrons. The molecule has 4 nitrogen and oxygen atoms in total. The topological polar surface area (TPSA) is 49.4 Å². The molecule has 2 fully saturated rings. The molecule has 5 heteroatoms. The number of carbonyl (C=O) groups excluding carboxylic acids is 2. The number of likely N-dealkylation sites (tertiary alicyclic amines) is 1. The first-order chi connectivity index (χ1) is 9.53. The number of halogens is 1. The van der Waals surface area contributed by atoms with Crippen LogP contribution in [-0.2, 0) is 4.79 Å². The van der Waals surface area contributed by atoms with E-state index in [9.17, 15) is 14.0 Å². The predicted molar refractivity (Wildman–Crippen MR) is 71.5 cm³/mol. The Morgan fingerprint density at radius 3 is 2.95 bits per heavy atom. The van der Waals surface area contributed by atoms with E-state index in [0.717, 1.165) is 6.42 Å². The van der Waals surface area contributed by atoms with E-state index in [1.165, 1.54) is 18.2 Å². The minimum absolute atomic E-state index is 0.0412. The fraction of sp³-hybridized carbons (Fsp3) is 0.467. The molecule has 2 aliphatic rings. The van der Waals surface area contributed by atoms with Crippen LogP contribution in [-0.4, -0.2) is 36.3 Å². The van der Waals surface area contributed by atoms with E-state index in [-0.39, 0.29) is 17.7 Å². The highest BCUT2D eigenvalue weighted by Gasteiger charge is 2.53. The molecule has 1 aromatic carbocycles. The van der Waals surface area contributed by atoms with Gasteiger partial charge in [-0.05, 0) is 30.5 Å². The van der Waals surface area contributed by atoms with Gasteiger partial charge in [-0.2, -0.15) is 0 Å². The highest BCUT2D eigenvalue weighted by Crippen LogP contribution is 2.42. The highest BCUT2D eigenvalue weighted by atomic mass is 19.1. The maximum atomic E-state index is 13.2. The Morgan fingerprint density at radius 2 is 2.30 bits per heavy atom. The van der Waals surface area contributed by atoms with Gasteiger partial charge in [0, 0.05) is 25.2 Å². The number of hydrogen-bond acceptors (Lipinski definition) is 2. The van der Waals surface area contributed by atoms with E-state index in [1.54, 1.807) is 11.0 Å². The first kappa shape index (κ1) is 13.1. The second kappa shape index (κ2) is 4.58. The largest absolute Gasteiger partial charge is 0.356 e. The molecular weight excluding hydrogens is 259 g/mol. The number of nitrogens with zero attached hydrogens (tertiary/aromatic N) is 1. The van der Waals surface area contributed by atoms with Crippen LogP contribution in [0, 0.1) is 17.2 Å². The number of nitrogens with one attached hydrogen (secondary N) is 1. The van der Waals surface area contributed by atoms with Crippen molar-refractivity contribution in [3.05, 3.63) is 35.6 Å². The van der Waals surface area contributed by atoms with E-state index in [2.05, 4.69) is 5.32 Å². The third-order valence-corrected chi connectivity index (χ3v) is 4.58. The van der Waals surface area contributed by atoms with Crippen LogP contribution < -0.4 is 5.32 Å². The zero-order valence-electron chi connectivity index (χ0n) is 11.4. The molecular formula is C15H17FN2O2. The minimum atomic E-state index is -0.455. The minimum Gasteiger partial charge on any atom is -0.356 e. The molecule has 1 aromatic rings. The van der Waals surface area contributed by atoms with Crippen molar-refractivity contribution < 1.29 is 14.0 Å². The zero-order chi connectivity index (χ0) is 14.3. The molecule has 2 heterocycles. The summed E-state index contributed by atoms with van der Waals surface area (Å²) < 4.78 is 13.2. The molecule has 2 aliphatic heterocycles. The second-order valence-electron chi connectivity index (χ2n) is 5.76. The maximum absolute atomic E-state index is 13.2. The van der Waals surface area contributed by atoms with E-state index in [4.69, 9.17) is 0 Å². The lowest BCUT2D eigenvalue weighted by Gasteiger charge is -2.23. The first-order valence-corrected chi connectivity index (χ1v) is 6.86. The molecule has 0 unspecified atom stereocenters. The lowest BCUT2D eigenvalue weighted by molar-refractivity contribution is -0.128. The summed E-state index contributed by atoms with van der Waals surface area (Å²) in [5.41, 5.74) is -0.115. The Hall–Kier alpha value is -1.91. The van der Waals surface area contributed by atoms with E-state index < -0.39 is 11.2 Å². The van der Waals surface area contributed by atoms with Gasteiger partial charge in [0.2, 0.25) is 5.91 Å². The lowest BCUT2D eigenvalue weighted by Crippen LogP contribution is -2.38. The Morgan fingerprint density at radius 1 is 1.50 bits per heavy atom. The van der Waals surface area contributed by atoms with Gasteiger partial charge in [-0.25, -0.2) is 4.39 Å². The van der Waals surface area contributed by atoms with Crippen molar-refractivity contribution in [1.82, 2.24) is 10.2 Å². The lowest BCUT2D eigenvalue weighted by atomic mass is 9.78. The first-order valence-electron chi connectivity index (χ1n) is 6.86. The number of rotatable bonds is 1.